The van der Waals surface area contributed by atoms with Crippen LogP contribution in [0.4, 0.5) is 4.39 Å². The van der Waals surface area contributed by atoms with Crippen LogP contribution in [0.5, 0.6) is 0 Å². The number of hydrogen-bond acceptors (Lipinski definition) is 4. The van der Waals surface area contributed by atoms with Crippen LogP contribution < -0.4 is 10.5 Å². The lowest BCUT2D eigenvalue weighted by atomic mass is 10.0. The van der Waals surface area contributed by atoms with Crippen LogP contribution in [0, 0.1) is 5.82 Å². The second-order valence-electron chi connectivity index (χ2n) is 5.64. The van der Waals surface area contributed by atoms with Crippen LogP contribution in [0.25, 0.3) is 0 Å². The van der Waals surface area contributed by atoms with Gasteiger partial charge in [0.05, 0.1) is 0 Å². The van der Waals surface area contributed by atoms with Gasteiger partial charge in [0.15, 0.2) is 0 Å². The van der Waals surface area contributed by atoms with Crippen molar-refractivity contribution >= 4 is 10.0 Å². The molecule has 1 saturated heterocycles. The second-order valence-corrected chi connectivity index (χ2v) is 7.32. The van der Waals surface area contributed by atoms with E-state index in [9.17, 15) is 12.8 Å². The molecule has 0 saturated carbocycles. The highest BCUT2D eigenvalue weighted by atomic mass is 32.2. The van der Waals surface area contributed by atoms with E-state index in [2.05, 4.69) is 16.5 Å². The van der Waals surface area contributed by atoms with Gasteiger partial charge in [-0.1, -0.05) is 6.07 Å². The van der Waals surface area contributed by atoms with Crippen molar-refractivity contribution in [1.29, 1.82) is 0 Å². The lowest BCUT2D eigenvalue weighted by molar-refractivity contribution is 0.178. The predicted molar refractivity (Wildman–Crippen MR) is 79.7 cm³/mol. The lowest BCUT2D eigenvalue weighted by Crippen LogP contribution is -2.47. The van der Waals surface area contributed by atoms with E-state index in [1.807, 2.05) is 7.05 Å². The average Bonchev–Trinajstić information content (AvgIpc) is 2.42. The molecule has 2 atom stereocenters. The van der Waals surface area contributed by atoms with Crippen molar-refractivity contribution in [1.82, 2.24) is 9.62 Å². The monoisotopic (exact) mass is 315 g/mol. The molecule has 0 amide bonds. The van der Waals surface area contributed by atoms with E-state index in [0.29, 0.717) is 11.6 Å². The average molecular weight is 315 g/mol. The highest BCUT2D eigenvalue weighted by Crippen LogP contribution is 2.20. The Morgan fingerprint density at radius 3 is 2.76 bits per heavy atom. The van der Waals surface area contributed by atoms with Crippen LogP contribution in [0.3, 0.4) is 0 Å². The second kappa shape index (κ2) is 6.39. The lowest BCUT2D eigenvalue weighted by Gasteiger charge is -2.35. The summed E-state index contributed by atoms with van der Waals surface area (Å²) < 4.78 is 41.2. The summed E-state index contributed by atoms with van der Waals surface area (Å²) in [5.74, 6) is -0.758. The Morgan fingerprint density at radius 2 is 2.19 bits per heavy atom. The highest BCUT2D eigenvalue weighted by molar-refractivity contribution is 7.89. The first-order valence-corrected chi connectivity index (χ1v) is 8.53. The number of benzene rings is 1. The summed E-state index contributed by atoms with van der Waals surface area (Å²) in [5, 5.41) is 0. The van der Waals surface area contributed by atoms with Gasteiger partial charge >= 0.3 is 0 Å². The summed E-state index contributed by atoms with van der Waals surface area (Å²) in [5.41, 5.74) is 5.99. The van der Waals surface area contributed by atoms with Crippen molar-refractivity contribution in [2.45, 2.75) is 43.3 Å². The molecule has 0 aromatic heterocycles. The van der Waals surface area contributed by atoms with Gasteiger partial charge in [0, 0.05) is 18.6 Å². The van der Waals surface area contributed by atoms with Crippen molar-refractivity contribution in [2.24, 2.45) is 5.73 Å². The molecule has 2 unspecified atom stereocenters. The first kappa shape index (κ1) is 16.4. The van der Waals surface area contributed by atoms with Gasteiger partial charge in [0.2, 0.25) is 10.0 Å². The highest BCUT2D eigenvalue weighted by Gasteiger charge is 2.28. The molecular weight excluding hydrogens is 293 g/mol. The number of sulfonamides is 1. The predicted octanol–water partition coefficient (Wildman–Crippen LogP) is 1.05. The van der Waals surface area contributed by atoms with E-state index in [1.54, 1.807) is 0 Å². The fraction of sp³-hybridized carbons (Fsp3) is 0.571. The molecule has 0 radical (unpaired) electrons. The van der Waals surface area contributed by atoms with E-state index < -0.39 is 15.8 Å². The van der Waals surface area contributed by atoms with Gasteiger partial charge in [-0.15, -0.1) is 0 Å². The van der Waals surface area contributed by atoms with Crippen LogP contribution in [0.1, 0.15) is 25.3 Å². The molecule has 21 heavy (non-hydrogen) atoms. The summed E-state index contributed by atoms with van der Waals surface area (Å²) in [7, 11) is -1.83. The van der Waals surface area contributed by atoms with Crippen molar-refractivity contribution in [2.75, 3.05) is 13.6 Å². The molecule has 1 heterocycles. The van der Waals surface area contributed by atoms with Crippen LogP contribution in [0.15, 0.2) is 23.1 Å². The zero-order valence-corrected chi connectivity index (χ0v) is 13.2. The van der Waals surface area contributed by atoms with Gasteiger partial charge in [0.1, 0.15) is 10.7 Å². The molecule has 0 bridgehead atoms. The van der Waals surface area contributed by atoms with Gasteiger partial charge in [-0.05, 0) is 51.1 Å². The van der Waals surface area contributed by atoms with Crippen LogP contribution >= 0.6 is 0 Å². The third kappa shape index (κ3) is 3.79. The maximum atomic E-state index is 13.9. The Morgan fingerprint density at radius 1 is 1.48 bits per heavy atom. The minimum Gasteiger partial charge on any atom is -0.326 e. The minimum absolute atomic E-state index is 0.158. The van der Waals surface area contributed by atoms with Gasteiger partial charge in [-0.25, -0.2) is 17.5 Å². The van der Waals surface area contributed by atoms with E-state index in [1.165, 1.54) is 18.2 Å². The number of nitrogens with one attached hydrogen (secondary N) is 1. The van der Waals surface area contributed by atoms with E-state index >= 15 is 0 Å². The van der Waals surface area contributed by atoms with Crippen molar-refractivity contribution in [3.05, 3.63) is 29.6 Å². The van der Waals surface area contributed by atoms with Crippen LogP contribution in [-0.4, -0.2) is 39.0 Å². The SMILES string of the molecule is CC1CC(NS(=O)(=O)c2ccc(CN)cc2F)CCN1C. The fourth-order valence-electron chi connectivity index (χ4n) is 2.57. The maximum absolute atomic E-state index is 13.9. The van der Waals surface area contributed by atoms with Crippen molar-refractivity contribution < 1.29 is 12.8 Å². The quantitative estimate of drug-likeness (QED) is 0.871. The maximum Gasteiger partial charge on any atom is 0.243 e. The van der Waals surface area contributed by atoms with Crippen molar-refractivity contribution in [3.63, 3.8) is 0 Å². The zero-order valence-electron chi connectivity index (χ0n) is 12.3. The first-order valence-electron chi connectivity index (χ1n) is 7.04. The summed E-state index contributed by atoms with van der Waals surface area (Å²) >= 11 is 0. The molecule has 118 valence electrons. The molecule has 7 heteroatoms. The number of rotatable bonds is 4. The molecule has 1 aliphatic heterocycles. The number of hydrogen-bond donors (Lipinski definition) is 2. The van der Waals surface area contributed by atoms with Gasteiger partial charge < -0.3 is 10.6 Å². The smallest absolute Gasteiger partial charge is 0.243 e. The molecule has 1 aromatic rings. The van der Waals surface area contributed by atoms with Gasteiger partial charge in [-0.3, -0.25) is 0 Å². The normalized spacial score (nSPS) is 24.2. The third-order valence-electron chi connectivity index (χ3n) is 4.05. The molecule has 3 N–H and O–H groups in total. The number of nitrogens with two attached hydrogens (primary N) is 1. The van der Waals surface area contributed by atoms with Gasteiger partial charge in [-0.2, -0.15) is 0 Å². The fourth-order valence-corrected chi connectivity index (χ4v) is 3.91. The molecule has 5 nitrogen and oxygen atoms in total. The molecular formula is C14H22FN3O2S. The Labute approximate surface area is 125 Å². The molecule has 1 fully saturated rings. The third-order valence-corrected chi connectivity index (χ3v) is 5.61. The summed E-state index contributed by atoms with van der Waals surface area (Å²) in [4.78, 5) is 1.87. The minimum atomic E-state index is -3.84. The van der Waals surface area contributed by atoms with Gasteiger partial charge in [0.25, 0.3) is 0 Å². The first-order chi connectivity index (χ1) is 9.83. The largest absolute Gasteiger partial charge is 0.326 e. The summed E-state index contributed by atoms with van der Waals surface area (Å²) in [6.07, 6.45) is 1.45. The molecule has 0 spiro atoms. The number of likely N-dealkylation sites (tertiary alicyclic amines) is 1. The number of piperidine rings is 1. The molecule has 1 aliphatic rings. The molecule has 2 rings (SSSR count). The van der Waals surface area contributed by atoms with E-state index in [0.717, 1.165) is 19.4 Å². The van der Waals surface area contributed by atoms with Crippen LogP contribution in [0.2, 0.25) is 0 Å². The number of halogens is 1. The van der Waals surface area contributed by atoms with Crippen molar-refractivity contribution in [3.8, 4) is 0 Å². The standard InChI is InChI=1S/C14H22FN3O2S/c1-10-7-12(5-6-18(10)2)17-21(19,20)14-4-3-11(9-16)8-13(14)15/h3-4,8,10,12,17H,5-7,9,16H2,1-2H3. The molecule has 1 aromatic carbocycles. The Balaban J connectivity index is 2.15. The Hall–Kier alpha value is -1.02. The van der Waals surface area contributed by atoms with E-state index in [4.69, 9.17) is 5.73 Å². The van der Waals surface area contributed by atoms with E-state index in [-0.39, 0.29) is 17.5 Å². The topological polar surface area (TPSA) is 75.4 Å². The zero-order chi connectivity index (χ0) is 15.6. The Kier molecular flexibility index (Phi) is 4.98. The van der Waals surface area contributed by atoms with Crippen LogP contribution in [-0.2, 0) is 16.6 Å². The summed E-state index contributed by atoms with van der Waals surface area (Å²) in [6, 6.07) is 4.13. The summed E-state index contributed by atoms with van der Waals surface area (Å²) in [6.45, 7) is 3.05. The Bertz CT molecular complexity index is 606. The molecule has 0 aliphatic carbocycles. The number of nitrogens with zero attached hydrogens (tertiary/aromatic N) is 1.